The summed E-state index contributed by atoms with van der Waals surface area (Å²) in [6, 6.07) is 19.5. The maximum absolute atomic E-state index is 12.9. The minimum absolute atomic E-state index is 0.0450. The van der Waals surface area contributed by atoms with Crippen LogP contribution in [0.4, 0.5) is 0 Å². The number of thiazole rings is 1. The molecule has 1 aromatic heterocycles. The van der Waals surface area contributed by atoms with Crippen LogP contribution < -0.4 is 5.32 Å². The van der Waals surface area contributed by atoms with Crippen molar-refractivity contribution in [3.8, 4) is 6.07 Å². The zero-order valence-corrected chi connectivity index (χ0v) is 17.4. The molecule has 1 heterocycles. The van der Waals surface area contributed by atoms with E-state index in [1.54, 1.807) is 6.20 Å². The first-order chi connectivity index (χ1) is 14.1. The van der Waals surface area contributed by atoms with Crippen molar-refractivity contribution in [3.05, 3.63) is 87.9 Å². The second-order valence-corrected chi connectivity index (χ2v) is 8.02. The van der Waals surface area contributed by atoms with E-state index in [2.05, 4.69) is 35.1 Å². The molecule has 0 aliphatic heterocycles. The number of benzene rings is 2. The molecule has 5 nitrogen and oxygen atoms in total. The SMILES string of the molecule is CC(C)N(CC(=O)NC(c1ccccc1)c1nccs1)Cc1ccc(C#N)cc1. The summed E-state index contributed by atoms with van der Waals surface area (Å²) in [7, 11) is 0. The van der Waals surface area contributed by atoms with Crippen molar-refractivity contribution in [1.29, 1.82) is 5.26 Å². The highest BCUT2D eigenvalue weighted by molar-refractivity contribution is 7.09. The third-order valence-corrected chi connectivity index (χ3v) is 5.52. The number of carbonyl (C=O) groups is 1. The Morgan fingerprint density at radius 2 is 1.90 bits per heavy atom. The van der Waals surface area contributed by atoms with E-state index in [9.17, 15) is 4.79 Å². The Bertz CT molecular complexity index is 947. The Labute approximate surface area is 175 Å². The molecule has 0 fully saturated rings. The lowest BCUT2D eigenvalue weighted by molar-refractivity contribution is -0.123. The van der Waals surface area contributed by atoms with Crippen molar-refractivity contribution in [2.75, 3.05) is 6.54 Å². The van der Waals surface area contributed by atoms with Crippen molar-refractivity contribution >= 4 is 17.2 Å². The number of nitrogens with one attached hydrogen (secondary N) is 1. The highest BCUT2D eigenvalue weighted by Crippen LogP contribution is 2.23. The highest BCUT2D eigenvalue weighted by Gasteiger charge is 2.21. The molecule has 0 aliphatic carbocycles. The topological polar surface area (TPSA) is 69.0 Å². The number of hydrogen-bond donors (Lipinski definition) is 1. The van der Waals surface area contributed by atoms with Crippen LogP contribution in [0.1, 0.15) is 41.6 Å². The van der Waals surface area contributed by atoms with Gasteiger partial charge in [-0.2, -0.15) is 5.26 Å². The normalized spacial score (nSPS) is 12.0. The van der Waals surface area contributed by atoms with E-state index < -0.39 is 0 Å². The molecule has 1 unspecified atom stereocenters. The van der Waals surface area contributed by atoms with Crippen molar-refractivity contribution in [2.45, 2.75) is 32.5 Å². The number of aromatic nitrogens is 1. The van der Waals surface area contributed by atoms with Crippen molar-refractivity contribution < 1.29 is 4.79 Å². The summed E-state index contributed by atoms with van der Waals surface area (Å²) in [5.74, 6) is -0.0450. The van der Waals surface area contributed by atoms with Gasteiger partial charge in [-0.1, -0.05) is 42.5 Å². The molecular weight excluding hydrogens is 380 g/mol. The van der Waals surface area contributed by atoms with Gasteiger partial charge in [-0.15, -0.1) is 11.3 Å². The van der Waals surface area contributed by atoms with Crippen LogP contribution in [-0.2, 0) is 11.3 Å². The van der Waals surface area contributed by atoms with E-state index >= 15 is 0 Å². The number of carbonyl (C=O) groups excluding carboxylic acids is 1. The van der Waals surface area contributed by atoms with Crippen LogP contribution in [0.3, 0.4) is 0 Å². The molecule has 0 saturated carbocycles. The van der Waals surface area contributed by atoms with E-state index in [-0.39, 0.29) is 24.5 Å². The third kappa shape index (κ3) is 5.74. The lowest BCUT2D eigenvalue weighted by atomic mass is 10.1. The zero-order chi connectivity index (χ0) is 20.6. The summed E-state index contributed by atoms with van der Waals surface area (Å²) in [5.41, 5.74) is 2.72. The summed E-state index contributed by atoms with van der Waals surface area (Å²) >= 11 is 1.53. The van der Waals surface area contributed by atoms with E-state index in [1.165, 1.54) is 11.3 Å². The lowest BCUT2D eigenvalue weighted by Crippen LogP contribution is -2.41. The number of hydrogen-bond acceptors (Lipinski definition) is 5. The van der Waals surface area contributed by atoms with Crippen molar-refractivity contribution in [2.24, 2.45) is 0 Å². The summed E-state index contributed by atoms with van der Waals surface area (Å²) in [4.78, 5) is 19.4. The maximum atomic E-state index is 12.9. The number of nitriles is 1. The quantitative estimate of drug-likeness (QED) is 0.613. The fourth-order valence-corrected chi connectivity index (χ4v) is 3.76. The monoisotopic (exact) mass is 404 g/mol. The van der Waals surface area contributed by atoms with Gasteiger partial charge in [0.1, 0.15) is 11.0 Å². The molecule has 0 spiro atoms. The van der Waals surface area contributed by atoms with Crippen LogP contribution in [0.25, 0.3) is 0 Å². The third-order valence-electron chi connectivity index (χ3n) is 4.68. The van der Waals surface area contributed by atoms with Crippen LogP contribution >= 0.6 is 11.3 Å². The Kier molecular flexibility index (Phi) is 7.12. The van der Waals surface area contributed by atoms with Crippen LogP contribution in [0.5, 0.6) is 0 Å². The molecule has 0 aliphatic rings. The predicted octanol–water partition coefficient (Wildman–Crippen LogP) is 4.13. The van der Waals surface area contributed by atoms with Gasteiger partial charge in [0, 0.05) is 24.2 Å². The Hall–Kier alpha value is -3.01. The van der Waals surface area contributed by atoms with Crippen LogP contribution in [0, 0.1) is 11.3 Å². The molecule has 1 amide bonds. The fraction of sp³-hybridized carbons (Fsp3) is 0.261. The molecule has 1 atom stereocenters. The molecule has 6 heteroatoms. The molecule has 3 rings (SSSR count). The van der Waals surface area contributed by atoms with Gasteiger partial charge in [0.2, 0.25) is 5.91 Å². The van der Waals surface area contributed by atoms with Gasteiger partial charge in [-0.25, -0.2) is 4.98 Å². The van der Waals surface area contributed by atoms with Crippen molar-refractivity contribution in [1.82, 2.24) is 15.2 Å². The molecule has 148 valence electrons. The maximum Gasteiger partial charge on any atom is 0.235 e. The summed E-state index contributed by atoms with van der Waals surface area (Å²) in [5, 5.41) is 14.9. The average Bonchev–Trinajstić information content (AvgIpc) is 3.27. The van der Waals surface area contributed by atoms with Crippen LogP contribution in [0.15, 0.2) is 66.2 Å². The van der Waals surface area contributed by atoms with Crippen LogP contribution in [-0.4, -0.2) is 28.4 Å². The molecular formula is C23H24N4OS. The van der Waals surface area contributed by atoms with Gasteiger partial charge in [0.25, 0.3) is 0 Å². The van der Waals surface area contributed by atoms with Crippen LogP contribution in [0.2, 0.25) is 0 Å². The van der Waals surface area contributed by atoms with Gasteiger partial charge in [-0.3, -0.25) is 9.69 Å². The van der Waals surface area contributed by atoms with Gasteiger partial charge < -0.3 is 5.32 Å². The first-order valence-corrected chi connectivity index (χ1v) is 10.4. The first kappa shape index (κ1) is 20.7. The molecule has 0 radical (unpaired) electrons. The molecule has 29 heavy (non-hydrogen) atoms. The minimum atomic E-state index is -0.257. The van der Waals surface area contributed by atoms with Gasteiger partial charge in [0.15, 0.2) is 0 Å². The largest absolute Gasteiger partial charge is 0.342 e. The number of rotatable bonds is 8. The zero-order valence-electron chi connectivity index (χ0n) is 16.6. The standard InChI is InChI=1S/C23H24N4OS/c1-17(2)27(15-19-10-8-18(14-24)9-11-19)16-21(28)26-22(23-25-12-13-29-23)20-6-4-3-5-7-20/h3-13,17,22H,15-16H2,1-2H3,(H,26,28). The van der Waals surface area contributed by atoms with E-state index in [1.807, 2.05) is 60.0 Å². The first-order valence-electron chi connectivity index (χ1n) is 9.53. The summed E-state index contributed by atoms with van der Waals surface area (Å²) in [6.07, 6.45) is 1.76. The summed E-state index contributed by atoms with van der Waals surface area (Å²) in [6.45, 7) is 5.08. The smallest absolute Gasteiger partial charge is 0.235 e. The van der Waals surface area contributed by atoms with E-state index in [4.69, 9.17) is 5.26 Å². The van der Waals surface area contributed by atoms with E-state index in [0.29, 0.717) is 12.1 Å². The molecule has 0 bridgehead atoms. The second kappa shape index (κ2) is 9.97. The van der Waals surface area contributed by atoms with E-state index in [0.717, 1.165) is 16.1 Å². The van der Waals surface area contributed by atoms with Crippen molar-refractivity contribution in [3.63, 3.8) is 0 Å². The van der Waals surface area contributed by atoms with Gasteiger partial charge in [0.05, 0.1) is 18.2 Å². The molecule has 3 aromatic rings. The Morgan fingerprint density at radius 1 is 1.17 bits per heavy atom. The summed E-state index contributed by atoms with van der Waals surface area (Å²) < 4.78 is 0. The molecule has 1 N–H and O–H groups in total. The second-order valence-electron chi connectivity index (χ2n) is 7.09. The highest BCUT2D eigenvalue weighted by atomic mass is 32.1. The fourth-order valence-electron chi connectivity index (χ4n) is 3.04. The number of amides is 1. The van der Waals surface area contributed by atoms with Gasteiger partial charge >= 0.3 is 0 Å². The Balaban J connectivity index is 1.70. The Morgan fingerprint density at radius 3 is 2.48 bits per heavy atom. The number of nitrogens with zero attached hydrogens (tertiary/aromatic N) is 3. The average molecular weight is 405 g/mol. The lowest BCUT2D eigenvalue weighted by Gasteiger charge is -2.27. The molecule has 0 saturated heterocycles. The minimum Gasteiger partial charge on any atom is -0.342 e. The molecule has 2 aromatic carbocycles. The van der Waals surface area contributed by atoms with Gasteiger partial charge in [-0.05, 0) is 37.1 Å². The predicted molar refractivity (Wildman–Crippen MR) is 115 cm³/mol.